The first kappa shape index (κ1) is 21.0. The second kappa shape index (κ2) is 11.4. The van der Waals surface area contributed by atoms with E-state index in [0.717, 1.165) is 36.7 Å². The van der Waals surface area contributed by atoms with Crippen molar-refractivity contribution in [2.75, 3.05) is 18.4 Å². The Morgan fingerprint density at radius 3 is 2.78 bits per heavy atom. The van der Waals surface area contributed by atoms with E-state index in [-0.39, 0.29) is 5.91 Å². The van der Waals surface area contributed by atoms with Crippen molar-refractivity contribution in [3.05, 3.63) is 52.2 Å². The highest BCUT2D eigenvalue weighted by molar-refractivity contribution is 7.07. The summed E-state index contributed by atoms with van der Waals surface area (Å²) in [5.74, 6) is 1.28. The van der Waals surface area contributed by atoms with Crippen LogP contribution in [0.1, 0.15) is 50.7 Å². The summed E-state index contributed by atoms with van der Waals surface area (Å²) in [4.78, 5) is 16.4. The summed E-state index contributed by atoms with van der Waals surface area (Å²) >= 11 is 1.72. The molecule has 0 radical (unpaired) electrons. The number of aliphatic imine (C=N–C) groups is 1. The summed E-state index contributed by atoms with van der Waals surface area (Å²) in [6.07, 6.45) is 1.39. The minimum absolute atomic E-state index is 0.0515. The van der Waals surface area contributed by atoms with Crippen LogP contribution >= 0.6 is 11.3 Å². The molecule has 27 heavy (non-hydrogen) atoms. The van der Waals surface area contributed by atoms with Crippen LogP contribution in [0.2, 0.25) is 0 Å². The molecule has 1 amide bonds. The van der Waals surface area contributed by atoms with Crippen molar-refractivity contribution in [2.24, 2.45) is 4.99 Å². The number of carbonyl (C=O) groups excluding carboxylic acids is 1. The van der Waals surface area contributed by atoms with Crippen LogP contribution in [0, 0.1) is 0 Å². The molecule has 0 aliphatic rings. The fourth-order valence-corrected chi connectivity index (χ4v) is 3.42. The van der Waals surface area contributed by atoms with E-state index < -0.39 is 0 Å². The summed E-state index contributed by atoms with van der Waals surface area (Å²) in [5, 5.41) is 13.9. The van der Waals surface area contributed by atoms with Gasteiger partial charge in [-0.1, -0.05) is 26.0 Å². The van der Waals surface area contributed by atoms with Crippen molar-refractivity contribution < 1.29 is 4.79 Å². The molecular weight excluding hydrogens is 356 g/mol. The number of rotatable bonds is 9. The molecular formula is C21H30N4OS. The summed E-state index contributed by atoms with van der Waals surface area (Å²) in [6, 6.07) is 10.0. The third-order valence-corrected chi connectivity index (χ3v) is 4.84. The SMILES string of the molecule is CCCC(=O)Nc1cccc(CN=C(NCC)NCC(C)c2ccsc2)c1. The third-order valence-electron chi connectivity index (χ3n) is 4.14. The number of nitrogens with zero attached hydrogens (tertiary/aromatic N) is 1. The van der Waals surface area contributed by atoms with Gasteiger partial charge in [-0.05, 0) is 59.3 Å². The molecule has 0 aliphatic carbocycles. The molecule has 2 rings (SSSR count). The van der Waals surface area contributed by atoms with Crippen molar-refractivity contribution >= 4 is 28.9 Å². The van der Waals surface area contributed by atoms with Crippen LogP contribution in [0.15, 0.2) is 46.1 Å². The Balaban J connectivity index is 1.94. The molecule has 1 atom stereocenters. The normalized spacial score (nSPS) is 12.5. The number of benzene rings is 1. The lowest BCUT2D eigenvalue weighted by Gasteiger charge is -2.15. The van der Waals surface area contributed by atoms with E-state index >= 15 is 0 Å². The quantitative estimate of drug-likeness (QED) is 0.443. The molecule has 5 nitrogen and oxygen atoms in total. The van der Waals surface area contributed by atoms with Crippen LogP contribution in [0.3, 0.4) is 0 Å². The Labute approximate surface area is 166 Å². The summed E-state index contributed by atoms with van der Waals surface area (Å²) in [5.41, 5.74) is 3.23. The van der Waals surface area contributed by atoms with E-state index in [0.29, 0.717) is 18.9 Å². The molecule has 2 aromatic rings. The summed E-state index contributed by atoms with van der Waals surface area (Å²) in [6.45, 7) is 8.46. The molecule has 1 heterocycles. The van der Waals surface area contributed by atoms with Gasteiger partial charge in [0.15, 0.2) is 5.96 Å². The van der Waals surface area contributed by atoms with Gasteiger partial charge in [0.05, 0.1) is 6.54 Å². The lowest BCUT2D eigenvalue weighted by molar-refractivity contribution is -0.116. The average molecular weight is 387 g/mol. The number of amides is 1. The third kappa shape index (κ3) is 7.43. The van der Waals surface area contributed by atoms with Crippen molar-refractivity contribution in [3.63, 3.8) is 0 Å². The van der Waals surface area contributed by atoms with Gasteiger partial charge in [-0.2, -0.15) is 11.3 Å². The van der Waals surface area contributed by atoms with Crippen LogP contribution in [0.4, 0.5) is 5.69 Å². The topological polar surface area (TPSA) is 65.5 Å². The van der Waals surface area contributed by atoms with Gasteiger partial charge in [-0.3, -0.25) is 4.79 Å². The zero-order valence-electron chi connectivity index (χ0n) is 16.4. The van der Waals surface area contributed by atoms with Gasteiger partial charge in [-0.25, -0.2) is 4.99 Å². The zero-order valence-corrected chi connectivity index (χ0v) is 17.2. The first-order valence-corrected chi connectivity index (χ1v) is 10.5. The van der Waals surface area contributed by atoms with Crippen LogP contribution in [-0.4, -0.2) is 25.0 Å². The van der Waals surface area contributed by atoms with E-state index in [9.17, 15) is 4.79 Å². The Kier molecular flexibility index (Phi) is 8.84. The maximum atomic E-state index is 11.8. The van der Waals surface area contributed by atoms with E-state index in [2.05, 4.69) is 51.6 Å². The van der Waals surface area contributed by atoms with E-state index in [1.54, 1.807) is 11.3 Å². The number of nitrogens with one attached hydrogen (secondary N) is 3. The zero-order chi connectivity index (χ0) is 19.5. The summed E-state index contributed by atoms with van der Waals surface area (Å²) < 4.78 is 0. The molecule has 1 aromatic carbocycles. The smallest absolute Gasteiger partial charge is 0.224 e. The molecule has 0 fully saturated rings. The maximum absolute atomic E-state index is 11.8. The van der Waals surface area contributed by atoms with Gasteiger partial charge in [0, 0.05) is 25.2 Å². The maximum Gasteiger partial charge on any atom is 0.224 e. The minimum atomic E-state index is 0.0515. The van der Waals surface area contributed by atoms with Crippen molar-refractivity contribution in [1.29, 1.82) is 0 Å². The van der Waals surface area contributed by atoms with Gasteiger partial charge in [0.1, 0.15) is 0 Å². The van der Waals surface area contributed by atoms with Crippen LogP contribution < -0.4 is 16.0 Å². The second-order valence-electron chi connectivity index (χ2n) is 6.53. The highest BCUT2D eigenvalue weighted by Crippen LogP contribution is 2.17. The first-order chi connectivity index (χ1) is 13.1. The number of thiophene rings is 1. The molecule has 0 saturated carbocycles. The molecule has 0 aliphatic heterocycles. The van der Waals surface area contributed by atoms with Gasteiger partial charge < -0.3 is 16.0 Å². The van der Waals surface area contributed by atoms with Gasteiger partial charge in [-0.15, -0.1) is 0 Å². The molecule has 6 heteroatoms. The van der Waals surface area contributed by atoms with Gasteiger partial charge in [0.2, 0.25) is 5.91 Å². The summed E-state index contributed by atoms with van der Waals surface area (Å²) in [7, 11) is 0. The Hall–Kier alpha value is -2.34. The fraction of sp³-hybridized carbons (Fsp3) is 0.429. The number of carbonyl (C=O) groups is 1. The van der Waals surface area contributed by atoms with E-state index in [4.69, 9.17) is 0 Å². The Morgan fingerprint density at radius 2 is 2.07 bits per heavy atom. The predicted molar refractivity (Wildman–Crippen MR) is 116 cm³/mol. The predicted octanol–water partition coefficient (Wildman–Crippen LogP) is 4.35. The molecule has 146 valence electrons. The molecule has 1 aromatic heterocycles. The number of anilines is 1. The number of hydrogen-bond acceptors (Lipinski definition) is 3. The Morgan fingerprint density at radius 1 is 1.22 bits per heavy atom. The monoisotopic (exact) mass is 386 g/mol. The number of guanidine groups is 1. The Bertz CT molecular complexity index is 728. The molecule has 3 N–H and O–H groups in total. The molecule has 1 unspecified atom stereocenters. The standard InChI is InChI=1S/C21H30N4OS/c1-4-7-20(26)25-19-9-6-8-17(12-19)14-24-21(22-5-2)23-13-16(3)18-10-11-27-15-18/h6,8-12,15-16H,4-5,7,13-14H2,1-3H3,(H,25,26)(H2,22,23,24). The second-order valence-corrected chi connectivity index (χ2v) is 7.31. The number of hydrogen-bond donors (Lipinski definition) is 3. The van der Waals surface area contributed by atoms with Crippen molar-refractivity contribution in [2.45, 2.75) is 46.1 Å². The van der Waals surface area contributed by atoms with E-state index in [1.165, 1.54) is 5.56 Å². The highest BCUT2D eigenvalue weighted by Gasteiger charge is 2.07. The van der Waals surface area contributed by atoms with Crippen molar-refractivity contribution in [3.8, 4) is 0 Å². The average Bonchev–Trinajstić information content (AvgIpc) is 3.19. The lowest BCUT2D eigenvalue weighted by atomic mass is 10.1. The molecule has 0 bridgehead atoms. The molecule has 0 spiro atoms. The first-order valence-electron chi connectivity index (χ1n) is 9.55. The molecule has 0 saturated heterocycles. The van der Waals surface area contributed by atoms with E-state index in [1.807, 2.05) is 31.2 Å². The van der Waals surface area contributed by atoms with Gasteiger partial charge in [0.25, 0.3) is 0 Å². The van der Waals surface area contributed by atoms with Gasteiger partial charge >= 0.3 is 0 Å². The fourth-order valence-electron chi connectivity index (χ4n) is 2.63. The lowest BCUT2D eigenvalue weighted by Crippen LogP contribution is -2.39. The highest BCUT2D eigenvalue weighted by atomic mass is 32.1. The van der Waals surface area contributed by atoms with Crippen molar-refractivity contribution in [1.82, 2.24) is 10.6 Å². The van der Waals surface area contributed by atoms with Crippen LogP contribution in [0.5, 0.6) is 0 Å². The van der Waals surface area contributed by atoms with Crippen LogP contribution in [0.25, 0.3) is 0 Å². The largest absolute Gasteiger partial charge is 0.357 e. The minimum Gasteiger partial charge on any atom is -0.357 e. The van der Waals surface area contributed by atoms with Crippen LogP contribution in [-0.2, 0) is 11.3 Å².